The smallest absolute Gasteiger partial charge is 0.324 e. The second-order valence-electron chi connectivity index (χ2n) is 5.18. The van der Waals surface area contributed by atoms with Gasteiger partial charge in [0, 0.05) is 11.0 Å². The summed E-state index contributed by atoms with van der Waals surface area (Å²) >= 11 is 1.63. The van der Waals surface area contributed by atoms with Crippen LogP contribution < -0.4 is 0 Å². The molecular formula is C17H21O3PS. The summed E-state index contributed by atoms with van der Waals surface area (Å²) in [5, 5.41) is 0.257. The summed E-state index contributed by atoms with van der Waals surface area (Å²) in [6.45, 7) is 0. The molecule has 0 saturated heterocycles. The van der Waals surface area contributed by atoms with Crippen molar-refractivity contribution in [2.45, 2.75) is 18.1 Å². The molecule has 2 aromatic rings. The molecule has 0 radical (unpaired) electrons. The lowest BCUT2D eigenvalue weighted by Gasteiger charge is -2.17. The van der Waals surface area contributed by atoms with Crippen LogP contribution in [-0.4, -0.2) is 21.7 Å². The molecule has 0 heterocycles. The zero-order valence-electron chi connectivity index (χ0n) is 12.3. The molecule has 2 aromatic carbocycles. The average molecular weight is 336 g/mol. The van der Waals surface area contributed by atoms with Gasteiger partial charge in [-0.3, -0.25) is 4.57 Å². The number of rotatable bonds is 8. The molecule has 118 valence electrons. The van der Waals surface area contributed by atoms with Gasteiger partial charge in [-0.25, -0.2) is 0 Å². The molecule has 22 heavy (non-hydrogen) atoms. The molecule has 0 aliphatic heterocycles. The zero-order valence-corrected chi connectivity index (χ0v) is 14.0. The van der Waals surface area contributed by atoms with E-state index >= 15 is 0 Å². The summed E-state index contributed by atoms with van der Waals surface area (Å²) in [6.07, 6.45) is 1.86. The van der Waals surface area contributed by atoms with E-state index in [-0.39, 0.29) is 11.4 Å². The molecule has 3 nitrogen and oxygen atoms in total. The van der Waals surface area contributed by atoms with Gasteiger partial charge in [0.15, 0.2) is 0 Å². The van der Waals surface area contributed by atoms with Crippen molar-refractivity contribution in [1.82, 2.24) is 0 Å². The third-order valence-electron chi connectivity index (χ3n) is 3.41. The van der Waals surface area contributed by atoms with Crippen LogP contribution in [0, 0.1) is 0 Å². The Hall–Kier alpha value is -1.06. The minimum absolute atomic E-state index is 0.0632. The minimum atomic E-state index is -3.91. The van der Waals surface area contributed by atoms with E-state index in [1.165, 1.54) is 11.1 Å². The second kappa shape index (κ2) is 8.54. The third kappa shape index (κ3) is 6.37. The van der Waals surface area contributed by atoms with Crippen LogP contribution in [0.25, 0.3) is 0 Å². The van der Waals surface area contributed by atoms with Gasteiger partial charge in [-0.1, -0.05) is 60.7 Å². The summed E-state index contributed by atoms with van der Waals surface area (Å²) in [4.78, 5) is 18.0. The van der Waals surface area contributed by atoms with Gasteiger partial charge in [-0.2, -0.15) is 11.8 Å². The summed E-state index contributed by atoms with van der Waals surface area (Å²) in [5.41, 5.74) is 2.51. The molecule has 0 fully saturated rings. The van der Waals surface area contributed by atoms with Crippen LogP contribution in [0.3, 0.4) is 0 Å². The van der Waals surface area contributed by atoms with E-state index in [0.29, 0.717) is 5.75 Å². The quantitative estimate of drug-likeness (QED) is 0.707. The Kier molecular flexibility index (Phi) is 6.71. The molecule has 2 rings (SSSR count). The molecule has 2 N–H and O–H groups in total. The maximum atomic E-state index is 11.0. The maximum Gasteiger partial charge on any atom is 0.326 e. The number of benzene rings is 2. The first-order valence-corrected chi connectivity index (χ1v) is 10.1. The fourth-order valence-corrected chi connectivity index (χ4v) is 4.56. The summed E-state index contributed by atoms with van der Waals surface area (Å²) in [5.74, 6) is 0.471. The van der Waals surface area contributed by atoms with Crippen LogP contribution in [0.2, 0.25) is 0 Å². The topological polar surface area (TPSA) is 57.5 Å². The summed E-state index contributed by atoms with van der Waals surface area (Å²) in [6, 6.07) is 20.5. The Labute approximate surface area is 135 Å². The van der Waals surface area contributed by atoms with Crippen LogP contribution in [0.15, 0.2) is 60.7 Å². The third-order valence-corrected chi connectivity index (χ3v) is 5.87. The Morgan fingerprint density at radius 1 is 0.955 bits per heavy atom. The van der Waals surface area contributed by atoms with E-state index in [9.17, 15) is 4.57 Å². The van der Waals surface area contributed by atoms with E-state index in [2.05, 4.69) is 24.3 Å². The lowest BCUT2D eigenvalue weighted by molar-refractivity contribution is 0.375. The first-order chi connectivity index (χ1) is 10.5. The Bertz CT molecular complexity index is 598. The van der Waals surface area contributed by atoms with E-state index in [4.69, 9.17) is 9.79 Å². The van der Waals surface area contributed by atoms with Crippen molar-refractivity contribution < 1.29 is 14.4 Å². The van der Waals surface area contributed by atoms with Gasteiger partial charge in [-0.15, -0.1) is 0 Å². The molecule has 0 bridgehead atoms. The normalized spacial score (nSPS) is 13.0. The van der Waals surface area contributed by atoms with Crippen molar-refractivity contribution in [3.05, 3.63) is 71.8 Å². The van der Waals surface area contributed by atoms with Gasteiger partial charge >= 0.3 is 7.60 Å². The monoisotopic (exact) mass is 336 g/mol. The van der Waals surface area contributed by atoms with Gasteiger partial charge in [0.2, 0.25) is 0 Å². The van der Waals surface area contributed by atoms with Crippen LogP contribution in [-0.2, 0) is 11.0 Å². The van der Waals surface area contributed by atoms with Gasteiger partial charge in [0.1, 0.15) is 0 Å². The van der Waals surface area contributed by atoms with Crippen molar-refractivity contribution in [3.63, 3.8) is 0 Å². The van der Waals surface area contributed by atoms with Crippen molar-refractivity contribution >= 4 is 19.4 Å². The summed E-state index contributed by atoms with van der Waals surface area (Å²) in [7, 11) is -3.91. The van der Waals surface area contributed by atoms with Gasteiger partial charge < -0.3 is 9.79 Å². The standard InChI is InChI=1S/C17H21O3PS/c18-21(19,20)13-14-22-17(16-9-5-2-6-10-16)12-11-15-7-3-1-4-8-15/h1-10,17H,11-14H2,(H2,18,19,20). The molecule has 0 spiro atoms. The molecule has 0 aliphatic carbocycles. The Morgan fingerprint density at radius 3 is 2.14 bits per heavy atom. The molecule has 1 unspecified atom stereocenters. The van der Waals surface area contributed by atoms with Crippen molar-refractivity contribution in [3.8, 4) is 0 Å². The number of aryl methyl sites for hydroxylation is 1. The predicted octanol–water partition coefficient (Wildman–Crippen LogP) is 4.27. The highest BCUT2D eigenvalue weighted by Crippen LogP contribution is 2.39. The first kappa shape index (κ1) is 17.3. The van der Waals surface area contributed by atoms with Crippen molar-refractivity contribution in [1.29, 1.82) is 0 Å². The van der Waals surface area contributed by atoms with Crippen molar-refractivity contribution in [2.75, 3.05) is 11.9 Å². The van der Waals surface area contributed by atoms with Crippen LogP contribution in [0.4, 0.5) is 0 Å². The molecule has 5 heteroatoms. The van der Waals surface area contributed by atoms with Crippen LogP contribution in [0.5, 0.6) is 0 Å². The lowest BCUT2D eigenvalue weighted by Crippen LogP contribution is -2.00. The Morgan fingerprint density at radius 2 is 1.55 bits per heavy atom. The summed E-state index contributed by atoms with van der Waals surface area (Å²) < 4.78 is 11.0. The molecule has 0 aromatic heterocycles. The number of hydrogen-bond donors (Lipinski definition) is 2. The van der Waals surface area contributed by atoms with Crippen LogP contribution in [0.1, 0.15) is 22.8 Å². The SMILES string of the molecule is O=P(O)(O)CCSC(CCc1ccccc1)c1ccccc1. The highest BCUT2D eigenvalue weighted by molar-refractivity contribution is 7.99. The van der Waals surface area contributed by atoms with E-state index < -0.39 is 7.60 Å². The number of hydrogen-bond acceptors (Lipinski definition) is 2. The molecule has 0 saturated carbocycles. The van der Waals surface area contributed by atoms with Crippen molar-refractivity contribution in [2.24, 2.45) is 0 Å². The Balaban J connectivity index is 1.97. The van der Waals surface area contributed by atoms with E-state index in [0.717, 1.165) is 12.8 Å². The van der Waals surface area contributed by atoms with Gasteiger partial charge in [0.05, 0.1) is 6.16 Å². The lowest BCUT2D eigenvalue weighted by atomic mass is 10.0. The fraction of sp³-hybridized carbons (Fsp3) is 0.294. The zero-order chi connectivity index (χ0) is 15.8. The molecule has 0 amide bonds. The highest BCUT2D eigenvalue weighted by Gasteiger charge is 2.16. The predicted molar refractivity (Wildman–Crippen MR) is 93.3 cm³/mol. The van der Waals surface area contributed by atoms with Crippen LogP contribution >= 0.6 is 19.4 Å². The van der Waals surface area contributed by atoms with Gasteiger partial charge in [0.25, 0.3) is 0 Å². The molecule has 1 atom stereocenters. The highest BCUT2D eigenvalue weighted by atomic mass is 32.2. The molecule has 0 aliphatic rings. The fourth-order valence-electron chi connectivity index (χ4n) is 2.27. The van der Waals surface area contributed by atoms with E-state index in [1.54, 1.807) is 11.8 Å². The minimum Gasteiger partial charge on any atom is -0.324 e. The maximum absolute atomic E-state index is 11.0. The first-order valence-electron chi connectivity index (χ1n) is 7.30. The average Bonchev–Trinajstić information content (AvgIpc) is 2.51. The number of thioether (sulfide) groups is 1. The molecular weight excluding hydrogens is 315 g/mol. The van der Waals surface area contributed by atoms with Gasteiger partial charge in [-0.05, 0) is 24.0 Å². The largest absolute Gasteiger partial charge is 0.326 e. The second-order valence-corrected chi connectivity index (χ2v) is 8.27. The van der Waals surface area contributed by atoms with E-state index in [1.807, 2.05) is 36.4 Å².